The van der Waals surface area contributed by atoms with E-state index in [0.717, 1.165) is 13.0 Å². The Morgan fingerprint density at radius 1 is 1.39 bits per heavy atom. The van der Waals surface area contributed by atoms with Gasteiger partial charge in [-0.25, -0.2) is 0 Å². The van der Waals surface area contributed by atoms with Crippen molar-refractivity contribution in [3.63, 3.8) is 0 Å². The van der Waals surface area contributed by atoms with Crippen LogP contribution in [0.4, 0.5) is 0 Å². The van der Waals surface area contributed by atoms with E-state index in [1.807, 2.05) is 13.0 Å². The fourth-order valence-corrected chi connectivity index (χ4v) is 2.77. The molecule has 3 atom stereocenters. The highest BCUT2D eigenvalue weighted by atomic mass is 16.4. The first-order chi connectivity index (χ1) is 8.58. The normalized spacial score (nSPS) is 26.1. The summed E-state index contributed by atoms with van der Waals surface area (Å²) in [6.45, 7) is 5.80. The molecule has 1 aliphatic heterocycles. The largest absolute Gasteiger partial charge is 0.481 e. The third-order valence-electron chi connectivity index (χ3n) is 3.96. The Kier molecular flexibility index (Phi) is 4.02. The summed E-state index contributed by atoms with van der Waals surface area (Å²) in [6, 6.07) is 10.8. The summed E-state index contributed by atoms with van der Waals surface area (Å²) < 4.78 is 0. The van der Waals surface area contributed by atoms with E-state index in [9.17, 15) is 4.79 Å². The summed E-state index contributed by atoms with van der Waals surface area (Å²) in [5.41, 5.74) is 1.32. The number of hydrogen-bond donors (Lipinski definition) is 1. The highest BCUT2D eigenvalue weighted by molar-refractivity contribution is 5.71. The van der Waals surface area contributed by atoms with Gasteiger partial charge in [-0.15, -0.1) is 0 Å². The SMILES string of the molecule is CC(Cc1ccccc1)N1C[C@@H](C)[C@H](C(=O)O)C1. The fourth-order valence-electron chi connectivity index (χ4n) is 2.77. The topological polar surface area (TPSA) is 40.5 Å². The molecule has 98 valence electrons. The van der Waals surface area contributed by atoms with Gasteiger partial charge in [-0.3, -0.25) is 9.69 Å². The number of nitrogens with zero attached hydrogens (tertiary/aromatic N) is 1. The standard InChI is InChI=1S/C15H21NO2/c1-11-9-16(10-14(11)15(17)18)12(2)8-13-6-4-3-5-7-13/h3-7,11-12,14H,8-10H2,1-2H3,(H,17,18)/t11-,12?,14-/m1/s1. The minimum Gasteiger partial charge on any atom is -0.481 e. The first-order valence-corrected chi connectivity index (χ1v) is 6.58. The fraction of sp³-hybridized carbons (Fsp3) is 0.533. The predicted octanol–water partition coefficient (Wildman–Crippen LogP) is 2.27. The van der Waals surface area contributed by atoms with Crippen LogP contribution in [0.25, 0.3) is 0 Å². The number of carboxylic acids is 1. The molecule has 1 N–H and O–H groups in total. The Morgan fingerprint density at radius 3 is 2.61 bits per heavy atom. The van der Waals surface area contributed by atoms with Crippen LogP contribution in [-0.2, 0) is 11.2 Å². The molecular formula is C15H21NO2. The van der Waals surface area contributed by atoms with E-state index in [0.29, 0.717) is 12.6 Å². The monoisotopic (exact) mass is 247 g/mol. The van der Waals surface area contributed by atoms with Crippen LogP contribution in [0, 0.1) is 11.8 Å². The smallest absolute Gasteiger partial charge is 0.308 e. The Morgan fingerprint density at radius 2 is 2.06 bits per heavy atom. The minimum atomic E-state index is -0.656. The van der Waals surface area contributed by atoms with Gasteiger partial charge in [-0.2, -0.15) is 0 Å². The Hall–Kier alpha value is -1.35. The van der Waals surface area contributed by atoms with E-state index < -0.39 is 5.97 Å². The Bertz CT molecular complexity index is 404. The van der Waals surface area contributed by atoms with Crippen LogP contribution < -0.4 is 0 Å². The van der Waals surface area contributed by atoms with E-state index in [2.05, 4.69) is 36.1 Å². The zero-order valence-corrected chi connectivity index (χ0v) is 11.0. The Balaban J connectivity index is 1.95. The van der Waals surface area contributed by atoms with Crippen molar-refractivity contribution in [3.05, 3.63) is 35.9 Å². The van der Waals surface area contributed by atoms with Crippen molar-refractivity contribution in [3.8, 4) is 0 Å². The lowest BCUT2D eigenvalue weighted by atomic mass is 9.99. The number of carbonyl (C=O) groups is 1. The van der Waals surface area contributed by atoms with Crippen molar-refractivity contribution in [1.29, 1.82) is 0 Å². The number of hydrogen-bond acceptors (Lipinski definition) is 2. The van der Waals surface area contributed by atoms with Crippen LogP contribution in [-0.4, -0.2) is 35.1 Å². The van der Waals surface area contributed by atoms with Crippen molar-refractivity contribution in [2.24, 2.45) is 11.8 Å². The summed E-state index contributed by atoms with van der Waals surface area (Å²) in [5.74, 6) is -0.610. The Labute approximate surface area is 108 Å². The van der Waals surface area contributed by atoms with E-state index >= 15 is 0 Å². The van der Waals surface area contributed by atoms with Gasteiger partial charge in [0.25, 0.3) is 0 Å². The average Bonchev–Trinajstić information content (AvgIpc) is 2.73. The summed E-state index contributed by atoms with van der Waals surface area (Å²) in [4.78, 5) is 13.4. The summed E-state index contributed by atoms with van der Waals surface area (Å²) in [6.07, 6.45) is 0.986. The van der Waals surface area contributed by atoms with Crippen LogP contribution in [0.3, 0.4) is 0 Å². The third-order valence-corrected chi connectivity index (χ3v) is 3.96. The number of benzene rings is 1. The van der Waals surface area contributed by atoms with Crippen molar-refractivity contribution in [2.75, 3.05) is 13.1 Å². The zero-order valence-electron chi connectivity index (χ0n) is 11.0. The molecule has 0 aliphatic carbocycles. The summed E-state index contributed by atoms with van der Waals surface area (Å²) in [7, 11) is 0. The average molecular weight is 247 g/mol. The number of rotatable bonds is 4. The lowest BCUT2D eigenvalue weighted by Gasteiger charge is -2.24. The van der Waals surface area contributed by atoms with Crippen LogP contribution in [0.1, 0.15) is 19.4 Å². The maximum absolute atomic E-state index is 11.1. The molecule has 3 nitrogen and oxygen atoms in total. The highest BCUT2D eigenvalue weighted by Gasteiger charge is 2.36. The van der Waals surface area contributed by atoms with Gasteiger partial charge in [0.05, 0.1) is 5.92 Å². The quantitative estimate of drug-likeness (QED) is 0.887. The summed E-state index contributed by atoms with van der Waals surface area (Å²) >= 11 is 0. The molecule has 0 radical (unpaired) electrons. The first kappa shape index (κ1) is 13.1. The molecular weight excluding hydrogens is 226 g/mol. The van der Waals surface area contributed by atoms with Gasteiger partial charge in [0.2, 0.25) is 0 Å². The number of carboxylic acid groups (broad SMARTS) is 1. The van der Waals surface area contributed by atoms with Crippen LogP contribution in [0.5, 0.6) is 0 Å². The second kappa shape index (κ2) is 5.53. The molecule has 1 unspecified atom stereocenters. The molecule has 1 aromatic rings. The van der Waals surface area contributed by atoms with Crippen molar-refractivity contribution in [1.82, 2.24) is 4.90 Å². The zero-order chi connectivity index (χ0) is 13.1. The van der Waals surface area contributed by atoms with Crippen molar-refractivity contribution in [2.45, 2.75) is 26.3 Å². The van der Waals surface area contributed by atoms with E-state index in [4.69, 9.17) is 5.11 Å². The molecule has 0 saturated carbocycles. The molecule has 0 amide bonds. The second-order valence-electron chi connectivity index (χ2n) is 5.41. The lowest BCUT2D eigenvalue weighted by Crippen LogP contribution is -2.33. The molecule has 18 heavy (non-hydrogen) atoms. The van der Waals surface area contributed by atoms with Crippen molar-refractivity contribution < 1.29 is 9.90 Å². The molecule has 1 fully saturated rings. The van der Waals surface area contributed by atoms with Crippen LogP contribution in [0.15, 0.2) is 30.3 Å². The van der Waals surface area contributed by atoms with Gasteiger partial charge in [-0.1, -0.05) is 37.3 Å². The number of likely N-dealkylation sites (tertiary alicyclic amines) is 1. The van der Waals surface area contributed by atoms with E-state index in [1.54, 1.807) is 0 Å². The molecule has 1 saturated heterocycles. The first-order valence-electron chi connectivity index (χ1n) is 6.58. The predicted molar refractivity (Wildman–Crippen MR) is 71.5 cm³/mol. The molecule has 1 aromatic carbocycles. The third kappa shape index (κ3) is 2.91. The maximum atomic E-state index is 11.1. The molecule has 1 heterocycles. The molecule has 0 aromatic heterocycles. The van der Waals surface area contributed by atoms with Crippen LogP contribution in [0.2, 0.25) is 0 Å². The number of aliphatic carboxylic acids is 1. The van der Waals surface area contributed by atoms with E-state index in [-0.39, 0.29) is 11.8 Å². The van der Waals surface area contributed by atoms with Crippen LogP contribution >= 0.6 is 0 Å². The van der Waals surface area contributed by atoms with Gasteiger partial charge in [0.1, 0.15) is 0 Å². The maximum Gasteiger partial charge on any atom is 0.308 e. The highest BCUT2D eigenvalue weighted by Crippen LogP contribution is 2.25. The van der Waals surface area contributed by atoms with E-state index in [1.165, 1.54) is 5.56 Å². The van der Waals surface area contributed by atoms with Crippen molar-refractivity contribution >= 4 is 5.97 Å². The minimum absolute atomic E-state index is 0.205. The molecule has 3 heteroatoms. The van der Waals surface area contributed by atoms with Gasteiger partial charge in [0, 0.05) is 19.1 Å². The van der Waals surface area contributed by atoms with Gasteiger partial charge < -0.3 is 5.11 Å². The molecule has 0 spiro atoms. The lowest BCUT2D eigenvalue weighted by molar-refractivity contribution is -0.142. The second-order valence-corrected chi connectivity index (χ2v) is 5.41. The summed E-state index contributed by atoms with van der Waals surface area (Å²) in [5, 5.41) is 9.15. The molecule has 2 rings (SSSR count). The molecule has 1 aliphatic rings. The van der Waals surface area contributed by atoms with Gasteiger partial charge in [-0.05, 0) is 24.8 Å². The van der Waals surface area contributed by atoms with Gasteiger partial charge in [0.15, 0.2) is 0 Å². The molecule has 0 bridgehead atoms. The van der Waals surface area contributed by atoms with Gasteiger partial charge >= 0.3 is 5.97 Å².